The minimum atomic E-state index is -0.833. The van der Waals surface area contributed by atoms with E-state index in [1.54, 1.807) is 11.1 Å². The van der Waals surface area contributed by atoms with Gasteiger partial charge in [-0.25, -0.2) is 0 Å². The first-order valence-corrected chi connectivity index (χ1v) is 7.11. The molecule has 2 atom stereocenters. The molecule has 20 heavy (non-hydrogen) atoms. The maximum atomic E-state index is 12.6. The Hall–Kier alpha value is -1.91. The van der Waals surface area contributed by atoms with Crippen LogP contribution in [-0.4, -0.2) is 33.4 Å². The highest BCUT2D eigenvalue weighted by Crippen LogP contribution is 2.34. The van der Waals surface area contributed by atoms with E-state index in [0.29, 0.717) is 25.9 Å². The van der Waals surface area contributed by atoms with E-state index in [1.165, 1.54) is 0 Å². The number of pyridine rings is 1. The maximum absolute atomic E-state index is 12.6. The Labute approximate surface area is 117 Å². The van der Waals surface area contributed by atoms with Crippen molar-refractivity contribution in [1.29, 1.82) is 0 Å². The molecule has 2 aliphatic rings. The number of aromatic nitrogens is 1. The Bertz CT molecular complexity index is 544. The summed E-state index contributed by atoms with van der Waals surface area (Å²) in [6, 6.07) is 3.87. The van der Waals surface area contributed by atoms with Crippen LogP contribution in [0.4, 0.5) is 0 Å². The van der Waals surface area contributed by atoms with Gasteiger partial charge in [-0.1, -0.05) is 12.5 Å². The minimum absolute atomic E-state index is 0.00408. The largest absolute Gasteiger partial charge is 0.481 e. The highest BCUT2D eigenvalue weighted by atomic mass is 16.4. The molecule has 0 radical (unpaired) electrons. The number of carbonyl (C=O) groups excluding carboxylic acids is 1. The van der Waals surface area contributed by atoms with E-state index < -0.39 is 11.9 Å². The fourth-order valence-electron chi connectivity index (χ4n) is 3.34. The van der Waals surface area contributed by atoms with Gasteiger partial charge in [-0.05, 0) is 24.5 Å². The monoisotopic (exact) mass is 274 g/mol. The molecule has 0 bridgehead atoms. The highest BCUT2D eigenvalue weighted by molar-refractivity contribution is 5.85. The number of carboxylic acid groups (broad SMARTS) is 1. The molecule has 1 N–H and O–H groups in total. The fraction of sp³-hybridized carbons (Fsp3) is 0.533. The van der Waals surface area contributed by atoms with Crippen molar-refractivity contribution in [1.82, 2.24) is 9.88 Å². The lowest BCUT2D eigenvalue weighted by molar-refractivity contribution is -0.149. The third-order valence-corrected chi connectivity index (χ3v) is 4.43. The first kappa shape index (κ1) is 13.1. The number of aliphatic carboxylic acids is 1. The summed E-state index contributed by atoms with van der Waals surface area (Å²) < 4.78 is 0. The molecular weight excluding hydrogens is 256 g/mol. The summed E-state index contributed by atoms with van der Waals surface area (Å²) in [7, 11) is 0. The van der Waals surface area contributed by atoms with Gasteiger partial charge in [-0.15, -0.1) is 0 Å². The van der Waals surface area contributed by atoms with Crippen molar-refractivity contribution in [2.45, 2.75) is 32.2 Å². The van der Waals surface area contributed by atoms with Crippen LogP contribution in [0.15, 0.2) is 18.3 Å². The quantitative estimate of drug-likeness (QED) is 0.886. The molecule has 1 amide bonds. The van der Waals surface area contributed by atoms with Crippen molar-refractivity contribution in [2.75, 3.05) is 6.54 Å². The maximum Gasteiger partial charge on any atom is 0.307 e. The summed E-state index contributed by atoms with van der Waals surface area (Å²) in [5.74, 6) is -1.67. The van der Waals surface area contributed by atoms with Crippen LogP contribution in [0.25, 0.3) is 0 Å². The number of carbonyl (C=O) groups is 2. The van der Waals surface area contributed by atoms with Crippen molar-refractivity contribution in [3.63, 3.8) is 0 Å². The first-order chi connectivity index (χ1) is 9.66. The summed E-state index contributed by atoms with van der Waals surface area (Å²) in [6.07, 6.45) is 4.68. The van der Waals surface area contributed by atoms with Crippen LogP contribution < -0.4 is 0 Å². The molecule has 1 aliphatic heterocycles. The zero-order valence-corrected chi connectivity index (χ0v) is 11.3. The minimum Gasteiger partial charge on any atom is -0.481 e. The van der Waals surface area contributed by atoms with Crippen LogP contribution in [0.3, 0.4) is 0 Å². The number of amides is 1. The third kappa shape index (κ3) is 2.28. The van der Waals surface area contributed by atoms with Gasteiger partial charge < -0.3 is 10.0 Å². The van der Waals surface area contributed by atoms with E-state index in [4.69, 9.17) is 0 Å². The zero-order chi connectivity index (χ0) is 14.1. The van der Waals surface area contributed by atoms with Crippen LogP contribution in [0.5, 0.6) is 0 Å². The normalized spacial score (nSPS) is 25.3. The molecule has 1 aliphatic carbocycles. The molecule has 5 nitrogen and oxygen atoms in total. The van der Waals surface area contributed by atoms with E-state index in [0.717, 1.165) is 24.1 Å². The highest BCUT2D eigenvalue weighted by Gasteiger charge is 2.40. The molecule has 106 valence electrons. The van der Waals surface area contributed by atoms with E-state index in [9.17, 15) is 14.7 Å². The number of hydrogen-bond donors (Lipinski definition) is 1. The second kappa shape index (κ2) is 5.23. The third-order valence-electron chi connectivity index (χ3n) is 4.43. The summed E-state index contributed by atoms with van der Waals surface area (Å²) in [4.78, 5) is 29.9. The van der Waals surface area contributed by atoms with Gasteiger partial charge in [-0.3, -0.25) is 14.6 Å². The molecule has 2 heterocycles. The average molecular weight is 274 g/mol. The fourth-order valence-corrected chi connectivity index (χ4v) is 3.34. The Morgan fingerprint density at radius 3 is 2.90 bits per heavy atom. The van der Waals surface area contributed by atoms with E-state index in [1.807, 2.05) is 12.1 Å². The molecule has 0 saturated heterocycles. The number of carboxylic acids is 1. The predicted octanol–water partition coefficient (Wildman–Crippen LogP) is 1.47. The van der Waals surface area contributed by atoms with Gasteiger partial charge in [0.15, 0.2) is 0 Å². The van der Waals surface area contributed by atoms with E-state index in [-0.39, 0.29) is 11.8 Å². The van der Waals surface area contributed by atoms with Gasteiger partial charge in [0, 0.05) is 31.4 Å². The lowest BCUT2D eigenvalue weighted by Crippen LogP contribution is -2.42. The molecule has 5 heteroatoms. The summed E-state index contributed by atoms with van der Waals surface area (Å²) in [5, 5.41) is 9.21. The second-order valence-electron chi connectivity index (χ2n) is 5.60. The number of nitrogens with zero attached hydrogens (tertiary/aromatic N) is 2. The van der Waals surface area contributed by atoms with Crippen LogP contribution in [0, 0.1) is 11.8 Å². The van der Waals surface area contributed by atoms with E-state index >= 15 is 0 Å². The van der Waals surface area contributed by atoms with Gasteiger partial charge in [0.1, 0.15) is 0 Å². The smallest absolute Gasteiger partial charge is 0.307 e. The van der Waals surface area contributed by atoms with Gasteiger partial charge >= 0.3 is 5.97 Å². The van der Waals surface area contributed by atoms with Crippen molar-refractivity contribution >= 4 is 11.9 Å². The Balaban J connectivity index is 1.74. The lowest BCUT2D eigenvalue weighted by Gasteiger charge is -2.31. The number of hydrogen-bond acceptors (Lipinski definition) is 3. The van der Waals surface area contributed by atoms with Crippen LogP contribution >= 0.6 is 0 Å². The van der Waals surface area contributed by atoms with Crippen molar-refractivity contribution in [3.8, 4) is 0 Å². The first-order valence-electron chi connectivity index (χ1n) is 7.11. The molecule has 3 rings (SSSR count). The molecule has 1 aromatic rings. The summed E-state index contributed by atoms with van der Waals surface area (Å²) in [5.41, 5.74) is 2.13. The summed E-state index contributed by atoms with van der Waals surface area (Å²) in [6.45, 7) is 1.20. The molecule has 0 spiro atoms. The SMILES string of the molecule is O=C(O)C1CCCC1C(=O)N1CCc2ncccc2C1. The van der Waals surface area contributed by atoms with Gasteiger partial charge in [-0.2, -0.15) is 0 Å². The molecule has 2 unspecified atom stereocenters. The van der Waals surface area contributed by atoms with Gasteiger partial charge in [0.2, 0.25) is 5.91 Å². The predicted molar refractivity (Wildman–Crippen MR) is 71.8 cm³/mol. The van der Waals surface area contributed by atoms with Crippen molar-refractivity contribution in [3.05, 3.63) is 29.6 Å². The summed E-state index contributed by atoms with van der Waals surface area (Å²) >= 11 is 0. The molecule has 0 aromatic carbocycles. The van der Waals surface area contributed by atoms with E-state index in [2.05, 4.69) is 4.98 Å². The zero-order valence-electron chi connectivity index (χ0n) is 11.3. The number of fused-ring (bicyclic) bond motifs is 1. The lowest BCUT2D eigenvalue weighted by atomic mass is 9.93. The molecule has 1 fully saturated rings. The topological polar surface area (TPSA) is 70.5 Å². The van der Waals surface area contributed by atoms with Crippen LogP contribution in [0.2, 0.25) is 0 Å². The molecular formula is C15H18N2O3. The Kier molecular flexibility index (Phi) is 3.42. The van der Waals surface area contributed by atoms with Crippen molar-refractivity contribution < 1.29 is 14.7 Å². The average Bonchev–Trinajstić information content (AvgIpc) is 2.95. The Morgan fingerprint density at radius 1 is 1.30 bits per heavy atom. The van der Waals surface area contributed by atoms with Crippen LogP contribution in [-0.2, 0) is 22.6 Å². The van der Waals surface area contributed by atoms with Crippen molar-refractivity contribution in [2.24, 2.45) is 11.8 Å². The molecule has 1 saturated carbocycles. The second-order valence-corrected chi connectivity index (χ2v) is 5.60. The van der Waals surface area contributed by atoms with Gasteiger partial charge in [0.25, 0.3) is 0 Å². The Morgan fingerprint density at radius 2 is 2.10 bits per heavy atom. The van der Waals surface area contributed by atoms with Crippen LogP contribution in [0.1, 0.15) is 30.5 Å². The standard InChI is InChI=1S/C15H18N2O3/c18-14(11-4-1-5-12(11)15(19)20)17-8-6-13-10(9-17)3-2-7-16-13/h2-3,7,11-12H,1,4-6,8-9H2,(H,19,20). The number of rotatable bonds is 2. The van der Waals surface area contributed by atoms with Gasteiger partial charge in [0.05, 0.1) is 11.8 Å². The molecule has 1 aromatic heterocycles.